The molecule has 1 unspecified atom stereocenters. The maximum absolute atomic E-state index is 13.3. The third-order valence-corrected chi connectivity index (χ3v) is 8.34. The lowest BCUT2D eigenvalue weighted by Gasteiger charge is -2.38. The van der Waals surface area contributed by atoms with E-state index in [0.717, 1.165) is 43.2 Å². The van der Waals surface area contributed by atoms with Crippen molar-refractivity contribution >= 4 is 17.8 Å². The summed E-state index contributed by atoms with van der Waals surface area (Å²) in [6.07, 6.45) is 4.02. The lowest BCUT2D eigenvalue weighted by Crippen LogP contribution is -2.57. The van der Waals surface area contributed by atoms with Crippen LogP contribution in [-0.4, -0.2) is 80.9 Å². The third-order valence-electron chi connectivity index (χ3n) is 8.34. The normalized spacial score (nSPS) is 34.8. The molecular weight excluding hydrogens is 422 g/mol. The summed E-state index contributed by atoms with van der Waals surface area (Å²) in [4.78, 5) is 43.3. The molecule has 3 aliphatic heterocycles. The molecule has 9 nitrogen and oxygen atoms in total. The van der Waals surface area contributed by atoms with Gasteiger partial charge < -0.3 is 20.6 Å². The number of fused-ring (bicyclic) bond motifs is 4. The van der Waals surface area contributed by atoms with Crippen molar-refractivity contribution in [1.29, 1.82) is 5.26 Å². The second-order valence-electron chi connectivity index (χ2n) is 10.2. The van der Waals surface area contributed by atoms with Gasteiger partial charge in [-0.05, 0) is 61.3 Å². The molecule has 2 aliphatic carbocycles. The van der Waals surface area contributed by atoms with E-state index in [1.54, 1.807) is 17.0 Å². The number of carbonyl (C=O) groups is 3. The average Bonchev–Trinajstić information content (AvgIpc) is 3.15. The number of hydrogen-bond donors (Lipinski definition) is 2. The maximum atomic E-state index is 13.3. The molecule has 4 fully saturated rings. The highest BCUT2D eigenvalue weighted by molar-refractivity contribution is 5.89. The van der Waals surface area contributed by atoms with Crippen LogP contribution in [0.3, 0.4) is 0 Å². The van der Waals surface area contributed by atoms with Crippen LogP contribution in [0.25, 0.3) is 0 Å². The van der Waals surface area contributed by atoms with Gasteiger partial charge in [-0.15, -0.1) is 0 Å². The molecule has 7 atom stereocenters. The molecule has 3 saturated heterocycles. The summed E-state index contributed by atoms with van der Waals surface area (Å²) in [6.45, 7) is 1.01. The monoisotopic (exact) mass is 449 g/mol. The van der Waals surface area contributed by atoms with Crippen LogP contribution < -0.4 is 5.73 Å². The molecule has 2 bridgehead atoms. The molecule has 3 N–H and O–H groups in total. The Morgan fingerprint density at radius 2 is 2.06 bits per heavy atom. The van der Waals surface area contributed by atoms with Crippen LogP contribution >= 0.6 is 0 Å². The SMILES string of the molecule is N#C[C@@H]1C[C@@H]2C[C@@H]2N1C(=O)[C@@H](N)CN1CC2C[C@H]1C(=O)N2[C@@H]1CCc2cc(C(=O)O)ccc21. The van der Waals surface area contributed by atoms with Crippen molar-refractivity contribution in [2.45, 2.75) is 68.4 Å². The van der Waals surface area contributed by atoms with Crippen LogP contribution in [0, 0.1) is 17.2 Å². The zero-order valence-electron chi connectivity index (χ0n) is 18.3. The van der Waals surface area contributed by atoms with Crippen LogP contribution in [-0.2, 0) is 16.0 Å². The van der Waals surface area contributed by atoms with Gasteiger partial charge in [-0.2, -0.15) is 5.26 Å². The molecule has 33 heavy (non-hydrogen) atoms. The van der Waals surface area contributed by atoms with Gasteiger partial charge in [-0.1, -0.05) is 6.07 Å². The Hall–Kier alpha value is -2.96. The summed E-state index contributed by atoms with van der Waals surface area (Å²) in [6, 6.07) is 6.29. The molecule has 0 spiro atoms. The van der Waals surface area contributed by atoms with Gasteiger partial charge in [0.25, 0.3) is 0 Å². The Labute approximate surface area is 191 Å². The summed E-state index contributed by atoms with van der Waals surface area (Å²) < 4.78 is 0. The van der Waals surface area contributed by atoms with Crippen molar-refractivity contribution in [3.8, 4) is 6.07 Å². The summed E-state index contributed by atoms with van der Waals surface area (Å²) >= 11 is 0. The van der Waals surface area contributed by atoms with Crippen LogP contribution in [0.4, 0.5) is 0 Å². The largest absolute Gasteiger partial charge is 0.478 e. The number of benzene rings is 1. The fourth-order valence-electron chi connectivity index (χ4n) is 6.73. The number of likely N-dealkylation sites (tertiary alicyclic amines) is 3. The number of carboxylic acid groups (broad SMARTS) is 1. The Balaban J connectivity index is 1.13. The molecule has 2 amide bonds. The highest BCUT2D eigenvalue weighted by Crippen LogP contribution is 2.48. The predicted octanol–water partition coefficient (Wildman–Crippen LogP) is 0.497. The highest BCUT2D eigenvalue weighted by Gasteiger charge is 2.56. The number of aryl methyl sites for hydroxylation is 1. The minimum absolute atomic E-state index is 0.0180. The zero-order chi connectivity index (χ0) is 23.0. The lowest BCUT2D eigenvalue weighted by molar-refractivity contribution is -0.141. The molecule has 6 rings (SSSR count). The van der Waals surface area contributed by atoms with Gasteiger partial charge in [0.1, 0.15) is 6.04 Å². The number of carbonyl (C=O) groups excluding carboxylic acids is 2. The third kappa shape index (κ3) is 3.08. The van der Waals surface area contributed by atoms with Crippen LogP contribution in [0.5, 0.6) is 0 Å². The van der Waals surface area contributed by atoms with Crippen molar-refractivity contribution in [3.05, 3.63) is 34.9 Å². The molecule has 172 valence electrons. The topological polar surface area (TPSA) is 131 Å². The van der Waals surface area contributed by atoms with E-state index in [1.807, 2.05) is 15.9 Å². The number of carboxylic acids is 1. The minimum atomic E-state index is -0.939. The number of nitrogens with two attached hydrogens (primary N) is 1. The van der Waals surface area contributed by atoms with Gasteiger partial charge in [0.15, 0.2) is 0 Å². The van der Waals surface area contributed by atoms with Crippen LogP contribution in [0.15, 0.2) is 18.2 Å². The molecule has 9 heteroatoms. The van der Waals surface area contributed by atoms with Crippen molar-refractivity contribution < 1.29 is 19.5 Å². The van der Waals surface area contributed by atoms with Gasteiger partial charge in [0, 0.05) is 25.2 Å². The molecular formula is C24H27N5O4. The fraction of sp³-hybridized carbons (Fsp3) is 0.583. The number of rotatable bonds is 5. The van der Waals surface area contributed by atoms with Crippen molar-refractivity contribution in [1.82, 2.24) is 14.7 Å². The van der Waals surface area contributed by atoms with Crippen molar-refractivity contribution in [3.63, 3.8) is 0 Å². The first-order valence-electron chi connectivity index (χ1n) is 11.8. The first kappa shape index (κ1) is 20.6. The Morgan fingerprint density at radius 1 is 1.24 bits per heavy atom. The van der Waals surface area contributed by atoms with Gasteiger partial charge >= 0.3 is 5.97 Å². The van der Waals surface area contributed by atoms with Crippen LogP contribution in [0.2, 0.25) is 0 Å². The van der Waals surface area contributed by atoms with E-state index in [-0.39, 0.29) is 47.6 Å². The highest BCUT2D eigenvalue weighted by atomic mass is 16.4. The second-order valence-corrected chi connectivity index (χ2v) is 10.2. The number of piperazine rings is 1. The minimum Gasteiger partial charge on any atom is -0.478 e. The predicted molar refractivity (Wildman–Crippen MR) is 116 cm³/mol. The van der Waals surface area contributed by atoms with E-state index in [9.17, 15) is 24.8 Å². The lowest BCUT2D eigenvalue weighted by atomic mass is 10.0. The first-order chi connectivity index (χ1) is 15.9. The molecule has 5 aliphatic rings. The molecule has 1 aromatic rings. The smallest absolute Gasteiger partial charge is 0.335 e. The van der Waals surface area contributed by atoms with Crippen LogP contribution in [0.1, 0.15) is 53.2 Å². The van der Waals surface area contributed by atoms with Crippen molar-refractivity contribution in [2.24, 2.45) is 11.7 Å². The Morgan fingerprint density at radius 3 is 2.79 bits per heavy atom. The summed E-state index contributed by atoms with van der Waals surface area (Å²) in [5, 5.41) is 18.6. The molecule has 1 saturated carbocycles. The summed E-state index contributed by atoms with van der Waals surface area (Å²) in [7, 11) is 0. The van der Waals surface area contributed by atoms with E-state index >= 15 is 0 Å². The summed E-state index contributed by atoms with van der Waals surface area (Å²) in [5.41, 5.74) is 8.64. The standard InChI is InChI=1S/C24H27N5O4/c25-9-15-6-14-7-20(14)28(15)22(30)18(26)11-27-10-16-8-21(27)23(31)29(16)19-4-2-12-5-13(24(32)33)1-3-17(12)19/h1,3,5,14-16,18-21H,2,4,6-8,10-11,26H2,(H,32,33)/t14-,15+,16?,18+,19-,20+,21+/m1/s1. The summed E-state index contributed by atoms with van der Waals surface area (Å²) in [5.74, 6) is -0.585. The molecule has 1 aromatic carbocycles. The van der Waals surface area contributed by atoms with E-state index in [2.05, 4.69) is 6.07 Å². The van der Waals surface area contributed by atoms with Gasteiger partial charge in [-0.25, -0.2) is 4.79 Å². The number of amides is 2. The Bertz CT molecular complexity index is 1100. The quantitative estimate of drug-likeness (QED) is 0.669. The van der Waals surface area contributed by atoms with E-state index in [1.165, 1.54) is 0 Å². The average molecular weight is 450 g/mol. The molecule has 0 radical (unpaired) electrons. The van der Waals surface area contributed by atoms with Gasteiger partial charge in [-0.3, -0.25) is 14.5 Å². The number of piperidine rings is 1. The maximum Gasteiger partial charge on any atom is 0.335 e. The molecule has 0 aromatic heterocycles. The first-order valence-corrected chi connectivity index (χ1v) is 11.8. The van der Waals surface area contributed by atoms with Gasteiger partial charge in [0.05, 0.1) is 29.8 Å². The zero-order valence-corrected chi connectivity index (χ0v) is 18.3. The number of nitriles is 1. The fourth-order valence-corrected chi connectivity index (χ4v) is 6.73. The van der Waals surface area contributed by atoms with Gasteiger partial charge in [0.2, 0.25) is 11.8 Å². The number of hydrogen-bond acceptors (Lipinski definition) is 6. The Kier molecular flexibility index (Phi) is 4.55. The van der Waals surface area contributed by atoms with Crippen molar-refractivity contribution in [2.75, 3.05) is 13.1 Å². The number of aromatic carboxylic acids is 1. The number of nitrogens with zero attached hydrogens (tertiary/aromatic N) is 4. The van der Waals surface area contributed by atoms with E-state index in [4.69, 9.17) is 5.73 Å². The van der Waals surface area contributed by atoms with E-state index < -0.39 is 12.0 Å². The van der Waals surface area contributed by atoms with E-state index in [0.29, 0.717) is 19.0 Å². The molecule has 3 heterocycles. The second kappa shape index (κ2) is 7.27.